The summed E-state index contributed by atoms with van der Waals surface area (Å²) in [5.74, 6) is -2.88. The normalized spacial score (nSPS) is 11.2. The Kier molecular flexibility index (Phi) is 6.30. The summed E-state index contributed by atoms with van der Waals surface area (Å²) < 4.78 is 58.8. The van der Waals surface area contributed by atoms with Crippen LogP contribution in [-0.2, 0) is 6.18 Å². The van der Waals surface area contributed by atoms with E-state index in [1.165, 1.54) is 12.1 Å². The van der Waals surface area contributed by atoms with Crippen molar-refractivity contribution in [3.63, 3.8) is 0 Å². The molecule has 0 spiro atoms. The maximum atomic E-state index is 13.4. The highest BCUT2D eigenvalue weighted by atomic mass is 35.5. The number of aromatic nitrogens is 2. The van der Waals surface area contributed by atoms with Gasteiger partial charge < -0.3 is 15.8 Å². The van der Waals surface area contributed by atoms with E-state index in [9.17, 15) is 27.2 Å². The average molecular weight is 469 g/mol. The van der Waals surface area contributed by atoms with Crippen molar-refractivity contribution >= 4 is 29.1 Å². The van der Waals surface area contributed by atoms with Gasteiger partial charge in [-0.25, -0.2) is 14.4 Å². The van der Waals surface area contributed by atoms with E-state index in [1.807, 2.05) is 0 Å². The van der Waals surface area contributed by atoms with Gasteiger partial charge in [-0.1, -0.05) is 11.6 Å². The highest BCUT2D eigenvalue weighted by molar-refractivity contribution is 6.32. The van der Waals surface area contributed by atoms with Crippen molar-refractivity contribution < 1.29 is 31.9 Å². The van der Waals surface area contributed by atoms with E-state index in [0.717, 1.165) is 37.5 Å². The number of carbonyl (C=O) groups is 2. The minimum atomic E-state index is -4.84. The number of pyridine rings is 2. The van der Waals surface area contributed by atoms with Crippen LogP contribution in [0, 0.1) is 12.7 Å². The van der Waals surface area contributed by atoms with Crippen LogP contribution >= 0.6 is 11.6 Å². The molecule has 7 nitrogen and oxygen atoms in total. The minimum absolute atomic E-state index is 0.0718. The van der Waals surface area contributed by atoms with Crippen molar-refractivity contribution in [1.82, 2.24) is 9.97 Å². The third-order valence-electron chi connectivity index (χ3n) is 4.17. The number of carbonyl (C=O) groups excluding carboxylic acids is 2. The Labute approximate surface area is 183 Å². The molecule has 0 aliphatic heterocycles. The monoisotopic (exact) mass is 468 g/mol. The lowest BCUT2D eigenvalue weighted by atomic mass is 10.1. The lowest BCUT2D eigenvalue weighted by molar-refractivity contribution is -0.141. The molecule has 2 amide bonds. The van der Waals surface area contributed by atoms with Crippen LogP contribution in [0.3, 0.4) is 0 Å². The second-order valence-corrected chi connectivity index (χ2v) is 6.80. The first-order valence-electron chi connectivity index (χ1n) is 8.74. The summed E-state index contributed by atoms with van der Waals surface area (Å²) in [5, 5.41) is 2.21. The topological polar surface area (TPSA) is 107 Å². The zero-order valence-corrected chi connectivity index (χ0v) is 16.9. The summed E-state index contributed by atoms with van der Waals surface area (Å²) in [7, 11) is 0. The second-order valence-electron chi connectivity index (χ2n) is 6.40. The summed E-state index contributed by atoms with van der Waals surface area (Å²) in [6.45, 7) is 1.05. The van der Waals surface area contributed by atoms with Crippen LogP contribution < -0.4 is 15.8 Å². The van der Waals surface area contributed by atoms with Crippen LogP contribution in [0.1, 0.15) is 32.1 Å². The molecule has 0 atom stereocenters. The van der Waals surface area contributed by atoms with Gasteiger partial charge in [-0.05, 0) is 42.8 Å². The summed E-state index contributed by atoms with van der Waals surface area (Å²) in [5.41, 5.74) is 2.83. The third kappa shape index (κ3) is 4.94. The number of benzene rings is 1. The van der Waals surface area contributed by atoms with Crippen LogP contribution in [0.15, 0.2) is 42.7 Å². The van der Waals surface area contributed by atoms with Gasteiger partial charge in [-0.2, -0.15) is 13.2 Å². The van der Waals surface area contributed by atoms with Crippen molar-refractivity contribution in [3.05, 3.63) is 76.1 Å². The standard InChI is InChI=1S/C20H13ClF4N4O3/c1-9-16(19(31)29-11-3-4-13(18(26)30)27-7-11)15(8-28-17(9)20(23,24)25)32-14-5-2-10(22)6-12(14)21/h2-8H,1H3,(H2,26,30)(H,29,31). The molecule has 3 N–H and O–H groups in total. The van der Waals surface area contributed by atoms with Crippen LogP contribution in [0.4, 0.5) is 23.2 Å². The SMILES string of the molecule is Cc1c(C(F)(F)F)ncc(Oc2ccc(F)cc2Cl)c1C(=O)Nc1ccc(C(N)=O)nc1. The fraction of sp³-hybridized carbons (Fsp3) is 0.100. The minimum Gasteiger partial charge on any atom is -0.453 e. The third-order valence-corrected chi connectivity index (χ3v) is 4.47. The molecular weight excluding hydrogens is 456 g/mol. The van der Waals surface area contributed by atoms with E-state index in [2.05, 4.69) is 15.3 Å². The molecule has 2 heterocycles. The molecule has 166 valence electrons. The molecule has 3 aromatic rings. The van der Waals surface area contributed by atoms with E-state index in [-0.39, 0.29) is 27.9 Å². The molecule has 3 rings (SSSR count). The van der Waals surface area contributed by atoms with Crippen LogP contribution in [0.2, 0.25) is 5.02 Å². The number of ether oxygens (including phenoxy) is 1. The van der Waals surface area contributed by atoms with Gasteiger partial charge in [-0.3, -0.25) is 9.59 Å². The number of alkyl halides is 3. The van der Waals surface area contributed by atoms with E-state index in [1.54, 1.807) is 0 Å². The van der Waals surface area contributed by atoms with Gasteiger partial charge in [0.1, 0.15) is 23.0 Å². The van der Waals surface area contributed by atoms with Crippen molar-refractivity contribution in [3.8, 4) is 11.5 Å². The van der Waals surface area contributed by atoms with Crippen molar-refractivity contribution in [2.45, 2.75) is 13.1 Å². The Balaban J connectivity index is 2.03. The van der Waals surface area contributed by atoms with Crippen LogP contribution in [-0.4, -0.2) is 21.8 Å². The van der Waals surface area contributed by atoms with Crippen LogP contribution in [0.25, 0.3) is 0 Å². The quantitative estimate of drug-likeness (QED) is 0.526. The molecule has 0 aliphatic carbocycles. The van der Waals surface area contributed by atoms with Gasteiger partial charge in [0, 0.05) is 0 Å². The van der Waals surface area contributed by atoms with E-state index >= 15 is 0 Å². The van der Waals surface area contributed by atoms with E-state index in [4.69, 9.17) is 22.1 Å². The van der Waals surface area contributed by atoms with Gasteiger partial charge in [0.25, 0.3) is 11.8 Å². The molecule has 0 saturated heterocycles. The molecule has 1 aromatic carbocycles. The Hall–Kier alpha value is -3.73. The summed E-state index contributed by atoms with van der Waals surface area (Å²) in [6, 6.07) is 5.64. The molecule has 0 bridgehead atoms. The van der Waals surface area contributed by atoms with Gasteiger partial charge in [0.2, 0.25) is 0 Å². The van der Waals surface area contributed by atoms with Gasteiger partial charge >= 0.3 is 6.18 Å². The molecule has 0 fully saturated rings. The number of rotatable bonds is 5. The first-order valence-corrected chi connectivity index (χ1v) is 9.12. The maximum absolute atomic E-state index is 13.4. The van der Waals surface area contributed by atoms with Crippen molar-refractivity contribution in [1.29, 1.82) is 0 Å². The highest BCUT2D eigenvalue weighted by Crippen LogP contribution is 2.37. The number of amides is 2. The lowest BCUT2D eigenvalue weighted by Crippen LogP contribution is -2.20. The summed E-state index contributed by atoms with van der Waals surface area (Å²) >= 11 is 5.91. The number of halogens is 5. The number of primary amides is 1. The predicted molar refractivity (Wildman–Crippen MR) is 106 cm³/mol. The van der Waals surface area contributed by atoms with Gasteiger partial charge in [0.05, 0.1) is 28.7 Å². The molecule has 0 radical (unpaired) electrons. The summed E-state index contributed by atoms with van der Waals surface area (Å²) in [4.78, 5) is 31.1. The molecule has 0 saturated carbocycles. The molecule has 0 aliphatic rings. The lowest BCUT2D eigenvalue weighted by Gasteiger charge is -2.17. The van der Waals surface area contributed by atoms with Gasteiger partial charge in [-0.15, -0.1) is 0 Å². The molecule has 12 heteroatoms. The van der Waals surface area contributed by atoms with E-state index < -0.39 is 40.6 Å². The number of nitrogens with two attached hydrogens (primary N) is 1. The highest BCUT2D eigenvalue weighted by Gasteiger charge is 2.37. The Morgan fingerprint density at radius 2 is 1.81 bits per heavy atom. The second kappa shape index (κ2) is 8.79. The first kappa shape index (κ1) is 22.9. The predicted octanol–water partition coefficient (Wildman–Crippen LogP) is 4.74. The molecule has 2 aromatic heterocycles. The van der Waals surface area contributed by atoms with Crippen molar-refractivity contribution in [2.75, 3.05) is 5.32 Å². The summed E-state index contributed by atoms with van der Waals surface area (Å²) in [6.07, 6.45) is -3.01. The van der Waals surface area contributed by atoms with Crippen molar-refractivity contribution in [2.24, 2.45) is 5.73 Å². The zero-order valence-electron chi connectivity index (χ0n) is 16.1. The largest absolute Gasteiger partial charge is 0.453 e. The number of hydrogen-bond donors (Lipinski definition) is 2. The maximum Gasteiger partial charge on any atom is 0.433 e. The first-order chi connectivity index (χ1) is 15.0. The fourth-order valence-corrected chi connectivity index (χ4v) is 2.92. The van der Waals surface area contributed by atoms with Gasteiger partial charge in [0.15, 0.2) is 5.75 Å². The number of nitrogens with zero attached hydrogens (tertiary/aromatic N) is 2. The zero-order chi connectivity index (χ0) is 23.6. The number of anilines is 1. The molecule has 32 heavy (non-hydrogen) atoms. The van der Waals surface area contributed by atoms with Crippen LogP contribution in [0.5, 0.6) is 11.5 Å². The smallest absolute Gasteiger partial charge is 0.433 e. The number of hydrogen-bond acceptors (Lipinski definition) is 5. The Morgan fingerprint density at radius 1 is 1.09 bits per heavy atom. The molecule has 0 unspecified atom stereocenters. The Morgan fingerprint density at radius 3 is 2.38 bits per heavy atom. The van der Waals surface area contributed by atoms with E-state index in [0.29, 0.717) is 0 Å². The number of nitrogens with one attached hydrogen (secondary N) is 1. The Bertz CT molecular complexity index is 1200. The molecular formula is C20H13ClF4N4O3. The average Bonchev–Trinajstić information content (AvgIpc) is 2.69. The fourth-order valence-electron chi connectivity index (χ4n) is 2.72.